The Hall–Kier alpha value is -0.810. The van der Waals surface area contributed by atoms with E-state index in [4.69, 9.17) is 28.3 Å². The van der Waals surface area contributed by atoms with Crippen LogP contribution in [0.2, 0.25) is 10.0 Å². The van der Waals surface area contributed by atoms with Crippen molar-refractivity contribution < 1.29 is 9.90 Å². The second-order valence-electron chi connectivity index (χ2n) is 5.56. The van der Waals surface area contributed by atoms with Crippen LogP contribution in [0.15, 0.2) is 18.2 Å². The van der Waals surface area contributed by atoms with Crippen LogP contribution in [0.25, 0.3) is 0 Å². The lowest BCUT2D eigenvalue weighted by atomic mass is 10.0. The quantitative estimate of drug-likeness (QED) is 0.901. The summed E-state index contributed by atoms with van der Waals surface area (Å²) in [6, 6.07) is 6.09. The molecule has 1 saturated heterocycles. The molecule has 6 heteroatoms. The molecule has 0 saturated carbocycles. The lowest BCUT2D eigenvalue weighted by Gasteiger charge is -2.36. The number of aliphatic carboxylic acids is 1. The number of carbonyl (C=O) groups is 1. The zero-order valence-electron chi connectivity index (χ0n) is 12.1. The van der Waals surface area contributed by atoms with Crippen LogP contribution in [0.3, 0.4) is 0 Å². The highest BCUT2D eigenvalue weighted by atomic mass is 35.5. The summed E-state index contributed by atoms with van der Waals surface area (Å²) in [6.45, 7) is 2.90. The number of halogens is 2. The molecule has 0 unspecified atom stereocenters. The molecule has 0 amide bonds. The van der Waals surface area contributed by atoms with Gasteiger partial charge in [0.2, 0.25) is 0 Å². The number of rotatable bonds is 5. The van der Waals surface area contributed by atoms with Crippen LogP contribution in [0, 0.1) is 0 Å². The molecule has 1 N–H and O–H groups in total. The van der Waals surface area contributed by atoms with Gasteiger partial charge in [-0.3, -0.25) is 14.6 Å². The van der Waals surface area contributed by atoms with Gasteiger partial charge >= 0.3 is 5.97 Å². The Labute approximate surface area is 135 Å². The SMILES string of the molecule is CN(CC(=O)O)C1CCN(Cc2ccc(Cl)c(Cl)c2)CC1. The topological polar surface area (TPSA) is 43.8 Å². The van der Waals surface area contributed by atoms with Gasteiger partial charge in [-0.05, 0) is 50.7 Å². The summed E-state index contributed by atoms with van der Waals surface area (Å²) >= 11 is 12.0. The van der Waals surface area contributed by atoms with Crippen LogP contribution in [-0.4, -0.2) is 53.6 Å². The number of likely N-dealkylation sites (tertiary alicyclic amines) is 1. The molecule has 1 aliphatic rings. The van der Waals surface area contributed by atoms with Gasteiger partial charge in [0.25, 0.3) is 0 Å². The monoisotopic (exact) mass is 330 g/mol. The van der Waals surface area contributed by atoms with E-state index in [2.05, 4.69) is 4.90 Å². The summed E-state index contributed by atoms with van der Waals surface area (Å²) in [4.78, 5) is 15.0. The number of likely N-dealkylation sites (N-methyl/N-ethyl adjacent to an activating group) is 1. The summed E-state index contributed by atoms with van der Waals surface area (Å²) in [5.74, 6) is -0.768. The number of benzene rings is 1. The van der Waals surface area contributed by atoms with Crippen LogP contribution < -0.4 is 0 Å². The third kappa shape index (κ3) is 4.85. The van der Waals surface area contributed by atoms with Gasteiger partial charge in [-0.1, -0.05) is 29.3 Å². The van der Waals surface area contributed by atoms with Gasteiger partial charge in [-0.2, -0.15) is 0 Å². The Morgan fingerprint density at radius 3 is 2.57 bits per heavy atom. The maximum absolute atomic E-state index is 10.7. The van der Waals surface area contributed by atoms with Crippen molar-refractivity contribution in [2.24, 2.45) is 0 Å². The van der Waals surface area contributed by atoms with E-state index in [1.165, 1.54) is 0 Å². The molecule has 0 spiro atoms. The van der Waals surface area contributed by atoms with Crippen molar-refractivity contribution in [3.63, 3.8) is 0 Å². The van der Waals surface area contributed by atoms with Crippen molar-refractivity contribution in [1.29, 1.82) is 0 Å². The first-order valence-corrected chi connectivity index (χ1v) is 7.79. The van der Waals surface area contributed by atoms with Crippen molar-refractivity contribution in [3.8, 4) is 0 Å². The molecule has 0 atom stereocenters. The first-order valence-electron chi connectivity index (χ1n) is 7.04. The molecule has 1 aromatic rings. The first-order chi connectivity index (χ1) is 9.95. The maximum atomic E-state index is 10.7. The summed E-state index contributed by atoms with van der Waals surface area (Å²) in [5, 5.41) is 10.0. The number of piperidine rings is 1. The summed E-state index contributed by atoms with van der Waals surface area (Å²) in [7, 11) is 1.88. The molecule has 0 bridgehead atoms. The second-order valence-corrected chi connectivity index (χ2v) is 6.38. The fraction of sp³-hybridized carbons (Fsp3) is 0.533. The van der Waals surface area contributed by atoms with Gasteiger partial charge in [0.15, 0.2) is 0 Å². The fourth-order valence-electron chi connectivity index (χ4n) is 2.76. The van der Waals surface area contributed by atoms with Crippen LogP contribution in [-0.2, 0) is 11.3 Å². The van der Waals surface area contributed by atoms with Gasteiger partial charge in [0, 0.05) is 12.6 Å². The molecule has 1 heterocycles. The molecular formula is C15H20Cl2N2O2. The van der Waals surface area contributed by atoms with E-state index in [1.807, 2.05) is 30.1 Å². The summed E-state index contributed by atoms with van der Waals surface area (Å²) in [5.41, 5.74) is 1.15. The third-order valence-corrected chi connectivity index (χ3v) is 4.69. The average Bonchev–Trinajstić information content (AvgIpc) is 2.43. The number of nitrogens with zero attached hydrogens (tertiary/aromatic N) is 2. The van der Waals surface area contributed by atoms with Gasteiger partial charge in [-0.25, -0.2) is 0 Å². The predicted molar refractivity (Wildman–Crippen MR) is 85.0 cm³/mol. The molecule has 1 aromatic carbocycles. The molecule has 1 aliphatic heterocycles. The Balaban J connectivity index is 1.83. The molecular weight excluding hydrogens is 311 g/mol. The number of hydrogen-bond acceptors (Lipinski definition) is 3. The van der Waals surface area contributed by atoms with Gasteiger partial charge in [0.05, 0.1) is 16.6 Å². The predicted octanol–water partition coefficient (Wildman–Crippen LogP) is 2.97. The van der Waals surface area contributed by atoms with Crippen molar-refractivity contribution in [2.75, 3.05) is 26.7 Å². The van der Waals surface area contributed by atoms with Crippen LogP contribution in [0.1, 0.15) is 18.4 Å². The van der Waals surface area contributed by atoms with E-state index in [1.54, 1.807) is 0 Å². The van der Waals surface area contributed by atoms with E-state index in [0.29, 0.717) is 16.1 Å². The molecule has 0 aromatic heterocycles. The molecule has 21 heavy (non-hydrogen) atoms. The van der Waals surface area contributed by atoms with Gasteiger partial charge in [0.1, 0.15) is 0 Å². The standard InChI is InChI=1S/C15H20Cl2N2O2/c1-18(10-15(20)21)12-4-6-19(7-5-12)9-11-2-3-13(16)14(17)8-11/h2-3,8,12H,4-7,9-10H2,1H3,(H,20,21). The normalized spacial score (nSPS) is 17.3. The second kappa shape index (κ2) is 7.45. The number of hydrogen-bond donors (Lipinski definition) is 1. The Kier molecular flexibility index (Phi) is 5.88. The Morgan fingerprint density at radius 1 is 1.33 bits per heavy atom. The van der Waals surface area contributed by atoms with Crippen molar-refractivity contribution in [3.05, 3.63) is 33.8 Å². The Bertz CT molecular complexity index is 502. The van der Waals surface area contributed by atoms with E-state index in [-0.39, 0.29) is 6.54 Å². The van der Waals surface area contributed by atoms with Crippen LogP contribution >= 0.6 is 23.2 Å². The number of carboxylic acid groups (broad SMARTS) is 1. The Morgan fingerprint density at radius 2 is 2.00 bits per heavy atom. The third-order valence-electron chi connectivity index (χ3n) is 3.96. The first kappa shape index (κ1) is 16.6. The highest BCUT2D eigenvalue weighted by molar-refractivity contribution is 6.42. The maximum Gasteiger partial charge on any atom is 0.317 e. The van der Waals surface area contributed by atoms with Crippen molar-refractivity contribution in [1.82, 2.24) is 9.80 Å². The zero-order valence-corrected chi connectivity index (χ0v) is 13.6. The van der Waals surface area contributed by atoms with Gasteiger partial charge in [-0.15, -0.1) is 0 Å². The minimum atomic E-state index is -0.768. The van der Waals surface area contributed by atoms with Crippen molar-refractivity contribution >= 4 is 29.2 Å². The molecule has 116 valence electrons. The van der Waals surface area contributed by atoms with Crippen LogP contribution in [0.4, 0.5) is 0 Å². The van der Waals surface area contributed by atoms with Crippen molar-refractivity contribution in [2.45, 2.75) is 25.4 Å². The average molecular weight is 331 g/mol. The largest absolute Gasteiger partial charge is 0.480 e. The summed E-state index contributed by atoms with van der Waals surface area (Å²) in [6.07, 6.45) is 1.98. The smallest absolute Gasteiger partial charge is 0.317 e. The highest BCUT2D eigenvalue weighted by Crippen LogP contribution is 2.24. The minimum absolute atomic E-state index is 0.109. The molecule has 0 radical (unpaired) electrons. The van der Waals surface area contributed by atoms with E-state index < -0.39 is 5.97 Å². The highest BCUT2D eigenvalue weighted by Gasteiger charge is 2.23. The molecule has 2 rings (SSSR count). The van der Waals surface area contributed by atoms with E-state index >= 15 is 0 Å². The fourth-order valence-corrected chi connectivity index (χ4v) is 3.08. The number of carboxylic acids is 1. The molecule has 0 aliphatic carbocycles. The minimum Gasteiger partial charge on any atom is -0.480 e. The summed E-state index contributed by atoms with van der Waals surface area (Å²) < 4.78 is 0. The van der Waals surface area contributed by atoms with Gasteiger partial charge < -0.3 is 5.11 Å². The lowest BCUT2D eigenvalue weighted by molar-refractivity contribution is -0.138. The van der Waals surface area contributed by atoms with E-state index in [9.17, 15) is 4.79 Å². The van der Waals surface area contributed by atoms with Crippen LogP contribution in [0.5, 0.6) is 0 Å². The van der Waals surface area contributed by atoms with E-state index in [0.717, 1.165) is 38.0 Å². The zero-order chi connectivity index (χ0) is 15.4. The molecule has 4 nitrogen and oxygen atoms in total. The molecule has 1 fully saturated rings. The lowest BCUT2D eigenvalue weighted by Crippen LogP contribution is -2.44.